The summed E-state index contributed by atoms with van der Waals surface area (Å²) in [5, 5.41) is 383. The monoisotopic (exact) mass is 1870 g/mol. The van der Waals surface area contributed by atoms with Gasteiger partial charge in [-0.05, 0) is 30.3 Å². The second-order valence-electron chi connectivity index (χ2n) is 30.5. The predicted molar refractivity (Wildman–Crippen MR) is 410 cm³/mol. The molecule has 10 aliphatic rings. The van der Waals surface area contributed by atoms with Gasteiger partial charge in [0.15, 0.2) is 158 Å². The number of benzene rings is 10. The summed E-state index contributed by atoms with van der Waals surface area (Å²) in [6.07, 6.45) is -27.9. The first-order chi connectivity index (χ1) is 62.9. The second-order valence-corrected chi connectivity index (χ2v) is 30.5. The number of hydrogen-bond acceptors (Lipinski definition) is 52. The van der Waals surface area contributed by atoms with Gasteiger partial charge in [0.25, 0.3) is 5.79 Å². The Morgan fingerprint density at radius 1 is 0.224 bits per heavy atom. The maximum Gasteiger partial charge on any atom is 0.341 e. The number of hydrogen-bond donors (Lipinski definition) is 32. The van der Waals surface area contributed by atoms with Gasteiger partial charge in [0.1, 0.15) is 12.7 Å². The number of carbonyl (C=O) groups is 10. The molecule has 0 fully saturated rings. The van der Waals surface area contributed by atoms with Gasteiger partial charge in [0.2, 0.25) is 63.6 Å². The minimum Gasteiger partial charge on any atom is -0.504 e. The summed E-state index contributed by atoms with van der Waals surface area (Å²) >= 11 is 0. The Kier molecular flexibility index (Phi) is 18.1. The van der Waals surface area contributed by atoms with Crippen LogP contribution in [-0.4, -0.2) is 285 Å². The van der Waals surface area contributed by atoms with Crippen LogP contribution in [0.15, 0.2) is 30.3 Å². The molecule has 10 aromatic rings. The van der Waals surface area contributed by atoms with Gasteiger partial charge in [0.05, 0.1) is 61.6 Å². The molecule has 10 aliphatic heterocycles. The number of aliphatic hydroxyl groups excluding tert-OH is 1. The molecule has 0 radical (unpaired) electrons. The van der Waals surface area contributed by atoms with Crippen molar-refractivity contribution in [1.82, 2.24) is 0 Å². The third-order valence-electron chi connectivity index (χ3n) is 23.5. The zero-order valence-corrected chi connectivity index (χ0v) is 65.0. The number of fused-ring (bicyclic) bond motifs is 14. The largest absolute Gasteiger partial charge is 0.504 e. The van der Waals surface area contributed by atoms with Gasteiger partial charge in [-0.25, -0.2) is 47.9 Å². The van der Waals surface area contributed by atoms with Crippen LogP contribution in [0.5, 0.6) is 172 Å². The van der Waals surface area contributed by atoms with E-state index in [1.807, 2.05) is 0 Å². The molecule has 32 N–H and O–H groups in total. The van der Waals surface area contributed by atoms with Crippen molar-refractivity contribution in [1.29, 1.82) is 0 Å². The highest BCUT2D eigenvalue weighted by atomic mass is 16.7. The van der Waals surface area contributed by atoms with Gasteiger partial charge >= 0.3 is 59.7 Å². The molecule has 0 saturated heterocycles. The molecular weight excluding hydrogens is 1820 g/mol. The number of phenolic OH excluding ortho intramolecular Hbond substituents is 30. The van der Waals surface area contributed by atoms with E-state index in [2.05, 4.69) is 0 Å². The standard InChI is InChI=1S/C82H50O52/c83-13-1-8-19(45(93)40(13)88)20-9(2-14(84)41(89)46(20)94)75(117)133-71-70-67-33(32-37(78(120)129-67)28(54(102)64(112)58(32)106)27-36(80(122)132-70)26(52(100)62(110)53(27)101)23-12(5-17(87)44(92)49(23)97)76(118)134-82(71,124)7-126-72(8)114)31-34-24(50(98)63(111)57(31)105)22-11(4-16(86)43(91)48(22)96)74(116)128-66-18(6-125-77(34)119)127-73(115)10-3-15(85)42(90)47(95)21(10)25-35-29(55(103)61(109)51(25)99)30-38-39(59(107)65(113)56(30)104)60(108)68(130-81(38)123)69(66)131-79(35)121/h1-5,18,33,60,66-71,83-113,124H,6-7H2/t18-,33-,60-,66+,67-,68-,69-,70?,71-,82-/m0/s1. The maximum atomic E-state index is 16.8. The molecule has 0 amide bonds. The molecule has 0 spiro atoms. The predicted octanol–water partition coefficient (Wildman–Crippen LogP) is 2.37. The van der Waals surface area contributed by atoms with Crippen LogP contribution >= 0.6 is 0 Å². The van der Waals surface area contributed by atoms with E-state index >= 15 is 43.2 Å². The Morgan fingerprint density at radius 2 is 0.493 bits per heavy atom. The molecule has 12 bridgehead atoms. The van der Waals surface area contributed by atoms with Gasteiger partial charge in [-0.3, -0.25) is 0 Å². The Bertz CT molecular complexity index is 7340. The topological polar surface area (TPSA) is 910 Å². The highest BCUT2D eigenvalue weighted by Gasteiger charge is 2.64. The fourth-order valence-electron chi connectivity index (χ4n) is 17.6. The molecule has 10 heterocycles. The van der Waals surface area contributed by atoms with Crippen LogP contribution < -0.4 is 0 Å². The summed E-state index contributed by atoms with van der Waals surface area (Å²) in [4.78, 5) is 159. The number of carbonyl (C=O) groups excluding carboxylic acids is 10. The van der Waals surface area contributed by atoms with E-state index < -0.39 is 445 Å². The van der Waals surface area contributed by atoms with Crippen molar-refractivity contribution < 1.29 is 259 Å². The Morgan fingerprint density at radius 3 is 0.896 bits per heavy atom. The van der Waals surface area contributed by atoms with Gasteiger partial charge in [0, 0.05) is 83.5 Å². The van der Waals surface area contributed by atoms with E-state index in [1.165, 1.54) is 0 Å². The Balaban J connectivity index is 0.962. The SMILES string of the molecule is O=C1OC[C@]2(O)OC(=O)c3cc(O)c(O)c(O)c3-c3c(O)c(O)c(O)c4c3C(=O)OC([C@H]3OC(=O)c5c-4c(O)c(O)c(O)c5[C@@H]3c3c(O)c(O)c(O)c4c3C(=O)OC[C@@H]3OC(=O)c5cc(O)c(O)c(O)c5-c5c(O)c(O)c(O)c6c5C(=O)O[C@H]([C@H]5OC(=O)c7c-6c(O)c(O)c(O)c7[C@@H]5O)[C@@H]3OC(=O)c3cc(O)c(O)c(O)c3-4)[C@@H]2OC(=O)c2cc(O)c(O)c(O)c2-c2c1cc(O)c(O)c2O. The Hall–Kier alpha value is -19.2. The quantitative estimate of drug-likeness (QED) is 0.0637. The summed E-state index contributed by atoms with van der Waals surface area (Å²) in [6.45, 7) is -4.74. The summed E-state index contributed by atoms with van der Waals surface area (Å²) in [5.74, 6) is -91.4. The lowest BCUT2D eigenvalue weighted by Gasteiger charge is -2.44. The molecule has 0 aliphatic carbocycles. The maximum absolute atomic E-state index is 16.8. The zero-order chi connectivity index (χ0) is 97.2. The molecule has 10 aromatic carbocycles. The summed E-state index contributed by atoms with van der Waals surface area (Å²) < 4.78 is 57.8. The van der Waals surface area contributed by atoms with E-state index in [-0.39, 0.29) is 30.3 Å². The first-order valence-corrected chi connectivity index (χ1v) is 37.3. The molecule has 10 atom stereocenters. The minimum absolute atomic E-state index is 0.00608. The number of aromatic hydroxyl groups is 30. The lowest BCUT2D eigenvalue weighted by atomic mass is 9.72. The highest BCUT2D eigenvalue weighted by molar-refractivity contribution is 6.20. The van der Waals surface area contributed by atoms with Crippen molar-refractivity contribution in [2.45, 2.75) is 60.5 Å². The van der Waals surface area contributed by atoms with Crippen molar-refractivity contribution >= 4 is 59.7 Å². The van der Waals surface area contributed by atoms with Crippen molar-refractivity contribution in [3.8, 4) is 239 Å². The summed E-state index contributed by atoms with van der Waals surface area (Å²) in [6, 6.07) is 0.145. The van der Waals surface area contributed by atoms with Crippen LogP contribution in [-0.2, 0) is 47.4 Å². The molecule has 52 nitrogen and oxygen atoms in total. The third-order valence-corrected chi connectivity index (χ3v) is 23.5. The number of aliphatic hydroxyl groups is 2. The third kappa shape index (κ3) is 11.2. The average Bonchev–Trinajstić information content (AvgIpc) is 1.02. The van der Waals surface area contributed by atoms with Crippen molar-refractivity contribution in [3.05, 3.63) is 103 Å². The van der Waals surface area contributed by atoms with Crippen LogP contribution in [0.1, 0.15) is 132 Å². The number of esters is 10. The van der Waals surface area contributed by atoms with E-state index in [9.17, 15) is 168 Å². The lowest BCUT2D eigenvalue weighted by Crippen LogP contribution is -2.62. The van der Waals surface area contributed by atoms with E-state index in [4.69, 9.17) is 47.4 Å². The normalized spacial score (nSPS) is 21.3. The lowest BCUT2D eigenvalue weighted by molar-refractivity contribution is -0.268. The summed E-state index contributed by atoms with van der Waals surface area (Å²) in [7, 11) is 0. The molecular formula is C82H50O52. The van der Waals surface area contributed by atoms with E-state index in [0.717, 1.165) is 0 Å². The zero-order valence-electron chi connectivity index (χ0n) is 65.0. The fraction of sp³-hybridized carbons (Fsp3) is 0.146. The van der Waals surface area contributed by atoms with Crippen LogP contribution in [0.3, 0.4) is 0 Å². The van der Waals surface area contributed by atoms with Crippen LogP contribution in [0, 0.1) is 0 Å². The van der Waals surface area contributed by atoms with Crippen molar-refractivity contribution in [3.63, 3.8) is 0 Å². The first kappa shape index (κ1) is 85.6. The number of ether oxygens (including phenoxy) is 10. The van der Waals surface area contributed by atoms with Gasteiger partial charge in [-0.15, -0.1) is 0 Å². The van der Waals surface area contributed by atoms with Crippen molar-refractivity contribution in [2.75, 3.05) is 13.2 Å². The highest BCUT2D eigenvalue weighted by Crippen LogP contribution is 2.68. The molecule has 134 heavy (non-hydrogen) atoms. The van der Waals surface area contributed by atoms with Gasteiger partial charge in [-0.2, -0.15) is 0 Å². The van der Waals surface area contributed by atoms with E-state index in [1.54, 1.807) is 0 Å². The van der Waals surface area contributed by atoms with Crippen LogP contribution in [0.4, 0.5) is 0 Å². The fourth-order valence-corrected chi connectivity index (χ4v) is 17.6. The second kappa shape index (κ2) is 28.4. The van der Waals surface area contributed by atoms with Gasteiger partial charge < -0.3 is 211 Å². The minimum atomic E-state index is -4.77. The molecule has 20 rings (SSSR count). The smallest absolute Gasteiger partial charge is 0.341 e. The number of rotatable bonds is 1. The van der Waals surface area contributed by atoms with Crippen LogP contribution in [0.25, 0.3) is 66.8 Å². The van der Waals surface area contributed by atoms with E-state index in [0.29, 0.717) is 0 Å². The number of cyclic esters (lactones) is 2. The van der Waals surface area contributed by atoms with Crippen LogP contribution in [0.2, 0.25) is 0 Å². The number of phenols is 30. The van der Waals surface area contributed by atoms with Gasteiger partial charge in [-0.1, -0.05) is 0 Å². The molecule has 690 valence electrons. The first-order valence-electron chi connectivity index (χ1n) is 37.3. The average molecular weight is 1870 g/mol. The molecule has 1 unspecified atom stereocenters. The molecule has 0 saturated carbocycles. The summed E-state index contributed by atoms with van der Waals surface area (Å²) in [5.41, 5.74) is -44.1. The molecule has 52 heteroatoms. The Labute approximate surface area is 731 Å². The molecule has 0 aromatic heterocycles. The van der Waals surface area contributed by atoms with Crippen molar-refractivity contribution in [2.24, 2.45) is 0 Å².